The Kier molecular flexibility index (Phi) is 50.9. The molecule has 0 aliphatic carbocycles. The van der Waals surface area contributed by atoms with Crippen molar-refractivity contribution in [3.63, 3.8) is 0 Å². The largest absolute Gasteiger partial charge is 0.462 e. The highest BCUT2D eigenvalue weighted by atomic mass is 16.6. The van der Waals surface area contributed by atoms with Crippen LogP contribution in [-0.2, 0) is 28.6 Å². The van der Waals surface area contributed by atoms with E-state index in [1.807, 2.05) is 0 Å². The quantitative estimate of drug-likeness (QED) is 0.0262. The van der Waals surface area contributed by atoms with Crippen molar-refractivity contribution >= 4 is 17.9 Å². The monoisotopic (exact) mass is 907 g/mol. The molecule has 374 valence electrons. The van der Waals surface area contributed by atoms with E-state index >= 15 is 0 Å². The minimum absolute atomic E-state index is 0.0915. The highest BCUT2D eigenvalue weighted by Crippen LogP contribution is 2.15. The summed E-state index contributed by atoms with van der Waals surface area (Å²) in [6.45, 7) is 6.47. The molecule has 0 aromatic heterocycles. The molecule has 0 unspecified atom stereocenters. The second-order valence-electron chi connectivity index (χ2n) is 18.1. The summed E-state index contributed by atoms with van der Waals surface area (Å²) in [4.78, 5) is 38.0. The molecule has 0 saturated heterocycles. The molecule has 0 spiro atoms. The first-order valence-electron chi connectivity index (χ1n) is 27.4. The van der Waals surface area contributed by atoms with Crippen molar-refractivity contribution in [1.82, 2.24) is 0 Å². The lowest BCUT2D eigenvalue weighted by atomic mass is 10.0. The fourth-order valence-electron chi connectivity index (χ4n) is 7.58. The minimum Gasteiger partial charge on any atom is -0.462 e. The smallest absolute Gasteiger partial charge is 0.306 e. The van der Waals surface area contributed by atoms with E-state index in [9.17, 15) is 14.4 Å². The van der Waals surface area contributed by atoms with Gasteiger partial charge in [0.2, 0.25) is 0 Å². The number of carbonyl (C=O) groups excluding carboxylic acids is 3. The first kappa shape index (κ1) is 61.9. The van der Waals surface area contributed by atoms with Crippen LogP contribution in [0.25, 0.3) is 0 Å². The summed E-state index contributed by atoms with van der Waals surface area (Å²) in [6, 6.07) is 0. The molecule has 0 rings (SSSR count). The molecule has 6 heteroatoms. The Labute approximate surface area is 402 Å². The van der Waals surface area contributed by atoms with Gasteiger partial charge in [0.05, 0.1) is 0 Å². The molecule has 6 nitrogen and oxygen atoms in total. The van der Waals surface area contributed by atoms with Gasteiger partial charge in [-0.1, -0.05) is 229 Å². The highest BCUT2D eigenvalue weighted by Gasteiger charge is 2.19. The number of rotatable bonds is 49. The Hall–Kier alpha value is -3.15. The van der Waals surface area contributed by atoms with E-state index in [0.29, 0.717) is 19.3 Å². The second kappa shape index (κ2) is 53.5. The minimum atomic E-state index is -0.797. The summed E-state index contributed by atoms with van der Waals surface area (Å²) < 4.78 is 16.8. The molecule has 0 fully saturated rings. The number of ether oxygens (including phenoxy) is 3. The Balaban J connectivity index is 4.41. The van der Waals surface area contributed by atoms with Gasteiger partial charge in [-0.15, -0.1) is 0 Å². The average molecular weight is 907 g/mol. The van der Waals surface area contributed by atoms with Gasteiger partial charge in [-0.25, -0.2) is 0 Å². The average Bonchev–Trinajstić information content (AvgIpc) is 3.30. The maximum Gasteiger partial charge on any atom is 0.306 e. The molecular weight excluding hydrogens is 805 g/mol. The molecular formula is C59H102O6. The summed E-state index contributed by atoms with van der Waals surface area (Å²) in [5.74, 6) is -0.932. The number of esters is 3. The summed E-state index contributed by atoms with van der Waals surface area (Å²) in [5.41, 5.74) is 0. The van der Waals surface area contributed by atoms with Crippen LogP contribution < -0.4 is 0 Å². The molecule has 0 aromatic rings. The zero-order valence-corrected chi connectivity index (χ0v) is 42.7. The molecule has 1 atom stereocenters. The first-order chi connectivity index (χ1) is 32.0. The van der Waals surface area contributed by atoms with Crippen LogP contribution in [0, 0.1) is 0 Å². The Morgan fingerprint density at radius 2 is 0.600 bits per heavy atom. The second-order valence-corrected chi connectivity index (χ2v) is 18.1. The van der Waals surface area contributed by atoms with Gasteiger partial charge in [-0.3, -0.25) is 14.4 Å². The van der Waals surface area contributed by atoms with Gasteiger partial charge in [0.15, 0.2) is 6.10 Å². The lowest BCUT2D eigenvalue weighted by Gasteiger charge is -2.18. The third-order valence-corrected chi connectivity index (χ3v) is 11.7. The highest BCUT2D eigenvalue weighted by molar-refractivity contribution is 5.71. The molecule has 0 aliphatic heterocycles. The Morgan fingerprint density at radius 1 is 0.323 bits per heavy atom. The summed E-state index contributed by atoms with van der Waals surface area (Å²) >= 11 is 0. The van der Waals surface area contributed by atoms with E-state index in [4.69, 9.17) is 14.2 Å². The van der Waals surface area contributed by atoms with Crippen molar-refractivity contribution in [3.05, 3.63) is 72.9 Å². The zero-order valence-electron chi connectivity index (χ0n) is 42.7. The van der Waals surface area contributed by atoms with Crippen LogP contribution in [-0.4, -0.2) is 37.2 Å². The standard InChI is InChI=1S/C59H102O6/c1-4-7-10-13-16-19-22-25-27-28-29-30-32-34-37-40-43-46-49-52-58(61)64-55-56(54-63-57(60)51-48-45-42-39-36-33-24-21-18-15-12-9-6-3)65-59(62)53-50-47-44-41-38-35-31-26-23-20-17-14-11-8-5-2/h8,11,16-17,19-20,25-27,31,38,41,56H,4-7,9-10,12-15,18,21-24,28-30,32-37,39-40,42-55H2,1-3H3/b11-8-,19-16-,20-17-,27-25-,31-26-,41-38-/t56-/m0/s1. The molecule has 0 aliphatic rings. The third kappa shape index (κ3) is 51.7. The molecule has 0 heterocycles. The molecule has 0 saturated carbocycles. The van der Waals surface area contributed by atoms with Gasteiger partial charge < -0.3 is 14.2 Å². The predicted octanol–water partition coefficient (Wildman–Crippen LogP) is 18.2. The van der Waals surface area contributed by atoms with Crippen molar-refractivity contribution in [2.75, 3.05) is 13.2 Å². The summed E-state index contributed by atoms with van der Waals surface area (Å²) in [7, 11) is 0. The Morgan fingerprint density at radius 3 is 1.00 bits per heavy atom. The number of unbranched alkanes of at least 4 members (excludes halogenated alkanes) is 26. The van der Waals surface area contributed by atoms with E-state index in [1.165, 1.54) is 135 Å². The van der Waals surface area contributed by atoms with Gasteiger partial charge >= 0.3 is 17.9 Å². The Bertz CT molecular complexity index is 1230. The molecule has 0 N–H and O–H groups in total. The number of hydrogen-bond acceptors (Lipinski definition) is 6. The van der Waals surface area contributed by atoms with Crippen LogP contribution in [0.3, 0.4) is 0 Å². The van der Waals surface area contributed by atoms with Crippen LogP contribution in [0.5, 0.6) is 0 Å². The van der Waals surface area contributed by atoms with E-state index in [-0.39, 0.29) is 37.5 Å². The lowest BCUT2D eigenvalue weighted by molar-refractivity contribution is -0.167. The van der Waals surface area contributed by atoms with E-state index in [2.05, 4.69) is 93.7 Å². The van der Waals surface area contributed by atoms with Gasteiger partial charge in [0.1, 0.15) is 13.2 Å². The maximum absolute atomic E-state index is 12.8. The van der Waals surface area contributed by atoms with Crippen LogP contribution in [0.1, 0.15) is 265 Å². The number of hydrogen-bond donors (Lipinski definition) is 0. The van der Waals surface area contributed by atoms with Crippen LogP contribution in [0.2, 0.25) is 0 Å². The third-order valence-electron chi connectivity index (χ3n) is 11.7. The topological polar surface area (TPSA) is 78.9 Å². The summed E-state index contributed by atoms with van der Waals surface area (Å²) in [6.07, 6.45) is 67.4. The fraction of sp³-hybridized carbons (Fsp3) is 0.746. The number of allylic oxidation sites excluding steroid dienone is 12. The van der Waals surface area contributed by atoms with Crippen molar-refractivity contribution in [2.24, 2.45) is 0 Å². The van der Waals surface area contributed by atoms with Crippen LogP contribution in [0.4, 0.5) is 0 Å². The predicted molar refractivity (Wildman–Crippen MR) is 279 cm³/mol. The normalized spacial score (nSPS) is 12.6. The molecule has 0 amide bonds. The molecule has 0 bridgehead atoms. The van der Waals surface area contributed by atoms with Crippen LogP contribution in [0.15, 0.2) is 72.9 Å². The van der Waals surface area contributed by atoms with E-state index in [1.54, 1.807) is 0 Å². The van der Waals surface area contributed by atoms with Crippen molar-refractivity contribution in [3.8, 4) is 0 Å². The lowest BCUT2D eigenvalue weighted by Crippen LogP contribution is -2.30. The van der Waals surface area contributed by atoms with Crippen LogP contribution >= 0.6 is 0 Å². The van der Waals surface area contributed by atoms with Gasteiger partial charge in [0.25, 0.3) is 0 Å². The van der Waals surface area contributed by atoms with E-state index < -0.39 is 6.10 Å². The summed E-state index contributed by atoms with van der Waals surface area (Å²) in [5, 5.41) is 0. The van der Waals surface area contributed by atoms with Crippen molar-refractivity contribution in [2.45, 2.75) is 271 Å². The molecule has 0 aromatic carbocycles. The van der Waals surface area contributed by atoms with Crippen molar-refractivity contribution in [1.29, 1.82) is 0 Å². The number of carbonyl (C=O) groups is 3. The molecule has 65 heavy (non-hydrogen) atoms. The van der Waals surface area contributed by atoms with Gasteiger partial charge in [-0.2, -0.15) is 0 Å². The molecule has 0 radical (unpaired) electrons. The van der Waals surface area contributed by atoms with E-state index in [0.717, 1.165) is 83.5 Å². The maximum atomic E-state index is 12.8. The SMILES string of the molecule is CC/C=C\C/C=C\C/C=C\C/C=C\CCCCC(=O)O[C@H](COC(=O)CCCCCCCCCCC/C=C\C/C=C\CCCCC)COC(=O)CCCCCCCCCCCCCCC. The fourth-order valence-corrected chi connectivity index (χ4v) is 7.58. The first-order valence-corrected chi connectivity index (χ1v) is 27.4. The van der Waals surface area contributed by atoms with Gasteiger partial charge in [-0.05, 0) is 89.9 Å². The zero-order chi connectivity index (χ0) is 47.2. The van der Waals surface area contributed by atoms with Crippen molar-refractivity contribution < 1.29 is 28.6 Å². The van der Waals surface area contributed by atoms with Gasteiger partial charge in [0, 0.05) is 19.3 Å².